The molecule has 1 aromatic carbocycles. The zero-order chi connectivity index (χ0) is 15.4. The fourth-order valence-electron chi connectivity index (χ4n) is 2.30. The summed E-state index contributed by atoms with van der Waals surface area (Å²) in [6, 6.07) is 15.2. The van der Waals surface area contributed by atoms with Crippen molar-refractivity contribution >= 4 is 5.97 Å². The number of carboxylic acids is 1. The molecule has 0 radical (unpaired) electrons. The number of aromatic nitrogens is 2. The lowest BCUT2D eigenvalue weighted by molar-refractivity contribution is -0.688. The summed E-state index contributed by atoms with van der Waals surface area (Å²) in [4.78, 5) is 13.8. The number of pyridine rings is 2. The van der Waals surface area contributed by atoms with Gasteiger partial charge in [-0.1, -0.05) is 12.1 Å². The fourth-order valence-corrected chi connectivity index (χ4v) is 2.30. The Balaban J connectivity index is 0.00000144. The molecule has 0 unspecified atom stereocenters. The highest BCUT2D eigenvalue weighted by molar-refractivity contribution is 5.87. The Kier molecular flexibility index (Phi) is 7.36. The Morgan fingerprint density at radius 1 is 0.875 bits per heavy atom. The Bertz CT molecular complexity index is 776. The highest BCUT2D eigenvalue weighted by atomic mass is 35.5. The van der Waals surface area contributed by atoms with Gasteiger partial charge in [0.15, 0.2) is 31.3 Å². The van der Waals surface area contributed by atoms with Gasteiger partial charge < -0.3 is 29.9 Å². The van der Waals surface area contributed by atoms with Crippen molar-refractivity contribution in [2.24, 2.45) is 0 Å². The van der Waals surface area contributed by atoms with Gasteiger partial charge in [-0.25, -0.2) is 14.3 Å². The highest BCUT2D eigenvalue weighted by Gasteiger charge is 2.06. The van der Waals surface area contributed by atoms with Crippen LogP contribution in [-0.4, -0.2) is 11.1 Å². The van der Waals surface area contributed by atoms with Gasteiger partial charge >= 0.3 is 5.97 Å². The molecular weight excluding hydrogens is 347 g/mol. The van der Waals surface area contributed by atoms with Crippen LogP contribution in [0.3, 0.4) is 0 Å². The van der Waals surface area contributed by atoms with Gasteiger partial charge in [-0.2, -0.15) is 0 Å². The van der Waals surface area contributed by atoms with Crippen LogP contribution in [0.4, 0.5) is 0 Å². The number of aromatic amines is 1. The first-order valence-electron chi connectivity index (χ1n) is 7.00. The molecule has 6 heteroatoms. The Labute approximate surface area is 152 Å². The predicted octanol–water partition coefficient (Wildman–Crippen LogP) is -3.79. The largest absolute Gasteiger partial charge is 1.00 e. The minimum atomic E-state index is -0.899. The molecule has 4 nitrogen and oxygen atoms in total. The third kappa shape index (κ3) is 4.78. The lowest BCUT2D eigenvalue weighted by Crippen LogP contribution is -3.00. The third-order valence-electron chi connectivity index (χ3n) is 3.51. The molecule has 24 heavy (non-hydrogen) atoms. The molecule has 2 heterocycles. The van der Waals surface area contributed by atoms with Crippen molar-refractivity contribution in [1.29, 1.82) is 0 Å². The summed E-state index contributed by atoms with van der Waals surface area (Å²) in [5.41, 5.74) is 3.70. The average molecular weight is 363 g/mol. The Morgan fingerprint density at radius 3 is 1.96 bits per heavy atom. The molecule has 0 aliphatic rings. The van der Waals surface area contributed by atoms with Crippen LogP contribution in [0, 0.1) is 0 Å². The number of benzene rings is 1. The first-order valence-corrected chi connectivity index (χ1v) is 7.00. The molecule has 0 saturated heterocycles. The second kappa shape index (κ2) is 9.01. The maximum absolute atomic E-state index is 10.8. The normalized spacial score (nSPS) is 9.50. The molecule has 2 N–H and O–H groups in total. The molecule has 3 rings (SSSR count). The SMILES string of the molecule is O=C(O)c1ccc(C[n+]2ccc(-c3cc[nH+]cc3)cc2)cc1.[Cl-].[Cl-]. The molecule has 0 saturated carbocycles. The van der Waals surface area contributed by atoms with Gasteiger partial charge in [-0.3, -0.25) is 0 Å². The summed E-state index contributed by atoms with van der Waals surface area (Å²) in [6.07, 6.45) is 7.86. The van der Waals surface area contributed by atoms with Gasteiger partial charge in [-0.05, 0) is 23.3 Å². The summed E-state index contributed by atoms with van der Waals surface area (Å²) in [6.45, 7) is 0.711. The van der Waals surface area contributed by atoms with Crippen LogP contribution in [0.1, 0.15) is 15.9 Å². The number of nitrogens with one attached hydrogen (secondary N) is 1. The summed E-state index contributed by atoms with van der Waals surface area (Å²) in [5, 5.41) is 8.90. The van der Waals surface area contributed by atoms with Gasteiger partial charge in [0, 0.05) is 29.8 Å². The third-order valence-corrected chi connectivity index (χ3v) is 3.51. The van der Waals surface area contributed by atoms with Gasteiger partial charge in [0.25, 0.3) is 0 Å². The molecule has 0 spiro atoms. The molecule has 0 aliphatic heterocycles. The van der Waals surface area contributed by atoms with Crippen LogP contribution >= 0.6 is 0 Å². The van der Waals surface area contributed by atoms with E-state index >= 15 is 0 Å². The van der Waals surface area contributed by atoms with E-state index in [0.717, 1.165) is 16.7 Å². The van der Waals surface area contributed by atoms with E-state index in [2.05, 4.69) is 21.7 Å². The first kappa shape index (κ1) is 19.6. The highest BCUT2D eigenvalue weighted by Crippen LogP contribution is 2.15. The summed E-state index contributed by atoms with van der Waals surface area (Å²) in [7, 11) is 0. The maximum Gasteiger partial charge on any atom is 0.335 e. The van der Waals surface area contributed by atoms with Gasteiger partial charge in [0.1, 0.15) is 0 Å². The van der Waals surface area contributed by atoms with E-state index in [0.29, 0.717) is 12.1 Å². The minimum Gasteiger partial charge on any atom is -1.00 e. The van der Waals surface area contributed by atoms with Crippen LogP contribution < -0.4 is 34.4 Å². The van der Waals surface area contributed by atoms with E-state index in [4.69, 9.17) is 5.11 Å². The number of halogens is 2. The van der Waals surface area contributed by atoms with E-state index in [1.165, 1.54) is 0 Å². The van der Waals surface area contributed by atoms with Crippen LogP contribution in [0.15, 0.2) is 73.3 Å². The quantitative estimate of drug-likeness (QED) is 0.484. The average Bonchev–Trinajstić information content (AvgIpc) is 2.57. The van der Waals surface area contributed by atoms with Crippen LogP contribution in [0.5, 0.6) is 0 Å². The number of nitrogens with zero attached hydrogens (tertiary/aromatic N) is 1. The van der Waals surface area contributed by atoms with E-state index in [-0.39, 0.29) is 24.8 Å². The van der Waals surface area contributed by atoms with Crippen molar-refractivity contribution in [2.45, 2.75) is 6.54 Å². The number of rotatable bonds is 4. The number of carboxylic acid groups (broad SMARTS) is 1. The van der Waals surface area contributed by atoms with Gasteiger partial charge in [-0.15, -0.1) is 0 Å². The monoisotopic (exact) mass is 362 g/mol. The van der Waals surface area contributed by atoms with E-state index < -0.39 is 5.97 Å². The lowest BCUT2D eigenvalue weighted by Gasteiger charge is -2.01. The molecular formula is C18H16Cl2N2O2. The van der Waals surface area contributed by atoms with Crippen LogP contribution in [0.2, 0.25) is 0 Å². The molecule has 124 valence electrons. The second-order valence-electron chi connectivity index (χ2n) is 5.05. The Morgan fingerprint density at radius 2 is 1.42 bits per heavy atom. The molecule has 2 aromatic heterocycles. The smallest absolute Gasteiger partial charge is 0.335 e. The summed E-state index contributed by atoms with van der Waals surface area (Å²) < 4.78 is 2.06. The van der Waals surface area contributed by atoms with E-state index in [1.54, 1.807) is 12.1 Å². The van der Waals surface area contributed by atoms with E-state index in [9.17, 15) is 4.79 Å². The van der Waals surface area contributed by atoms with Gasteiger partial charge in [0.2, 0.25) is 0 Å². The molecule has 0 bridgehead atoms. The molecule has 0 fully saturated rings. The standard InChI is InChI=1S/C18H14N2O2.2ClH/c21-18(22)17-3-1-14(2-4-17)13-20-11-7-16(8-12-20)15-5-9-19-10-6-15;;/h1-12H,13H2;2*1H. The van der Waals surface area contributed by atoms with E-state index in [1.807, 2.05) is 49.1 Å². The molecule has 3 aromatic rings. The second-order valence-corrected chi connectivity index (χ2v) is 5.05. The maximum atomic E-state index is 10.8. The molecule has 0 amide bonds. The lowest BCUT2D eigenvalue weighted by atomic mass is 10.1. The predicted molar refractivity (Wildman–Crippen MR) is 81.1 cm³/mol. The van der Waals surface area contributed by atoms with Crippen molar-refractivity contribution in [3.63, 3.8) is 0 Å². The topological polar surface area (TPSA) is 55.3 Å². The molecule has 0 atom stereocenters. The number of aromatic carboxylic acids is 1. The van der Waals surface area contributed by atoms with Crippen molar-refractivity contribution in [1.82, 2.24) is 0 Å². The van der Waals surface area contributed by atoms with Crippen molar-refractivity contribution in [2.75, 3.05) is 0 Å². The molecule has 0 aliphatic carbocycles. The number of hydrogen-bond acceptors (Lipinski definition) is 1. The zero-order valence-corrected chi connectivity index (χ0v) is 14.2. The minimum absolute atomic E-state index is 0. The van der Waals surface area contributed by atoms with Crippen LogP contribution in [0.25, 0.3) is 11.1 Å². The number of H-pyrrole nitrogens is 1. The zero-order valence-electron chi connectivity index (χ0n) is 12.7. The van der Waals surface area contributed by atoms with Crippen LogP contribution in [-0.2, 0) is 6.54 Å². The van der Waals surface area contributed by atoms with Crippen molar-refractivity contribution in [3.8, 4) is 11.1 Å². The van der Waals surface area contributed by atoms with Crippen molar-refractivity contribution < 1.29 is 44.3 Å². The Hall–Kier alpha value is -2.43. The fraction of sp³-hybridized carbons (Fsp3) is 0.0556. The summed E-state index contributed by atoms with van der Waals surface area (Å²) >= 11 is 0. The van der Waals surface area contributed by atoms with Gasteiger partial charge in [0.05, 0.1) is 5.56 Å². The number of carbonyl (C=O) groups is 1. The number of hydrogen-bond donors (Lipinski definition) is 1. The van der Waals surface area contributed by atoms with Crippen molar-refractivity contribution in [3.05, 3.63) is 84.4 Å². The first-order chi connectivity index (χ1) is 10.7. The summed E-state index contributed by atoms with van der Waals surface area (Å²) in [5.74, 6) is -0.899.